The molecule has 1 aromatic heterocycles. The predicted octanol–water partition coefficient (Wildman–Crippen LogP) is 4.15. The molecule has 0 N–H and O–H groups in total. The first-order valence-electron chi connectivity index (χ1n) is 5.52. The fourth-order valence-electron chi connectivity index (χ4n) is 2.58. The molecule has 3 rings (SSSR count). The molecule has 1 fully saturated rings. The van der Waals surface area contributed by atoms with Crippen LogP contribution >= 0.6 is 11.6 Å². The van der Waals surface area contributed by atoms with Crippen molar-refractivity contribution in [2.75, 3.05) is 0 Å². The van der Waals surface area contributed by atoms with Crippen molar-refractivity contribution in [1.82, 2.24) is 0 Å². The highest BCUT2D eigenvalue weighted by atomic mass is 35.5. The predicted molar refractivity (Wildman–Crippen MR) is 64.6 cm³/mol. The first kappa shape index (κ1) is 9.98. The molecule has 82 valence electrons. The number of benzene rings is 1. The summed E-state index contributed by atoms with van der Waals surface area (Å²) in [7, 11) is 0. The Bertz CT molecular complexity index is 477. The summed E-state index contributed by atoms with van der Waals surface area (Å²) in [5.74, 6) is 1.71. The summed E-state index contributed by atoms with van der Waals surface area (Å²) in [4.78, 5) is -0.279. The van der Waals surface area contributed by atoms with Gasteiger partial charge in [-0.1, -0.05) is 37.3 Å². The molecule has 0 amide bonds. The van der Waals surface area contributed by atoms with Gasteiger partial charge in [-0.15, -0.1) is 11.6 Å². The summed E-state index contributed by atoms with van der Waals surface area (Å²) >= 11 is 6.72. The highest BCUT2D eigenvalue weighted by Gasteiger charge is 2.64. The van der Waals surface area contributed by atoms with Crippen molar-refractivity contribution in [3.05, 3.63) is 60.1 Å². The average Bonchev–Trinajstić information content (AvgIpc) is 2.75. The second-order valence-corrected chi connectivity index (χ2v) is 5.04. The molecule has 16 heavy (non-hydrogen) atoms. The van der Waals surface area contributed by atoms with Crippen LogP contribution in [0.2, 0.25) is 0 Å². The van der Waals surface area contributed by atoms with E-state index in [4.69, 9.17) is 16.0 Å². The number of halogens is 1. The molecule has 0 bridgehead atoms. The van der Waals surface area contributed by atoms with E-state index in [0.29, 0.717) is 11.8 Å². The summed E-state index contributed by atoms with van der Waals surface area (Å²) in [5.41, 5.74) is 1.19. The van der Waals surface area contributed by atoms with Crippen LogP contribution in [-0.2, 0) is 4.87 Å². The van der Waals surface area contributed by atoms with Gasteiger partial charge in [-0.05, 0) is 23.6 Å². The summed E-state index contributed by atoms with van der Waals surface area (Å²) in [5, 5.41) is 0. The van der Waals surface area contributed by atoms with Gasteiger partial charge in [-0.25, -0.2) is 0 Å². The summed E-state index contributed by atoms with van der Waals surface area (Å²) < 4.78 is 5.46. The van der Waals surface area contributed by atoms with Gasteiger partial charge < -0.3 is 4.42 Å². The van der Waals surface area contributed by atoms with Gasteiger partial charge in [0.1, 0.15) is 5.76 Å². The maximum atomic E-state index is 6.72. The van der Waals surface area contributed by atoms with E-state index >= 15 is 0 Å². The number of hydrogen-bond acceptors (Lipinski definition) is 1. The van der Waals surface area contributed by atoms with Crippen LogP contribution < -0.4 is 0 Å². The third-order valence-corrected chi connectivity index (χ3v) is 4.37. The number of alkyl halides is 1. The largest absolute Gasteiger partial charge is 0.469 e. The molecule has 0 spiro atoms. The van der Waals surface area contributed by atoms with E-state index < -0.39 is 0 Å². The monoisotopic (exact) mass is 232 g/mol. The van der Waals surface area contributed by atoms with Crippen LogP contribution in [-0.4, -0.2) is 0 Å². The van der Waals surface area contributed by atoms with Crippen molar-refractivity contribution in [3.8, 4) is 0 Å². The first-order valence-corrected chi connectivity index (χ1v) is 5.90. The van der Waals surface area contributed by atoms with Gasteiger partial charge in [0.15, 0.2) is 0 Å². The molecule has 2 aromatic rings. The van der Waals surface area contributed by atoms with Crippen molar-refractivity contribution < 1.29 is 4.42 Å². The maximum absolute atomic E-state index is 6.72. The molecule has 0 saturated heterocycles. The lowest BCUT2D eigenvalue weighted by Crippen LogP contribution is -2.00. The molecular formula is C14H13ClO. The minimum absolute atomic E-state index is 0.279. The zero-order chi connectivity index (χ0) is 11.2. The van der Waals surface area contributed by atoms with Crippen LogP contribution in [0.25, 0.3) is 0 Å². The number of rotatable bonds is 2. The summed E-state index contributed by atoms with van der Waals surface area (Å²) in [6.07, 6.45) is 1.71. The quantitative estimate of drug-likeness (QED) is 0.709. The number of hydrogen-bond donors (Lipinski definition) is 0. The molecule has 1 aliphatic carbocycles. The van der Waals surface area contributed by atoms with Gasteiger partial charge in [0.05, 0.1) is 11.1 Å². The molecule has 1 saturated carbocycles. The van der Waals surface area contributed by atoms with Crippen LogP contribution in [0, 0.1) is 5.92 Å². The van der Waals surface area contributed by atoms with Gasteiger partial charge in [-0.2, -0.15) is 0 Å². The molecule has 3 unspecified atom stereocenters. The highest BCUT2D eigenvalue weighted by Crippen LogP contribution is 2.68. The minimum Gasteiger partial charge on any atom is -0.469 e. The Balaban J connectivity index is 1.98. The highest BCUT2D eigenvalue weighted by molar-refractivity contribution is 6.27. The van der Waals surface area contributed by atoms with Gasteiger partial charge in [-0.3, -0.25) is 0 Å². The standard InChI is InChI=1S/C14H13ClO/c1-10-13(12-8-5-9-16-12)14(10,15)11-6-3-2-4-7-11/h2-10,13H,1H3. The van der Waals surface area contributed by atoms with Crippen LogP contribution in [0.4, 0.5) is 0 Å². The zero-order valence-corrected chi connectivity index (χ0v) is 9.82. The molecular weight excluding hydrogens is 220 g/mol. The minimum atomic E-state index is -0.279. The Morgan fingerprint density at radius 1 is 1.12 bits per heavy atom. The molecule has 2 heteroatoms. The third-order valence-electron chi connectivity index (χ3n) is 3.57. The van der Waals surface area contributed by atoms with Gasteiger partial charge in [0.25, 0.3) is 0 Å². The van der Waals surface area contributed by atoms with Crippen molar-refractivity contribution >= 4 is 11.6 Å². The summed E-state index contributed by atoms with van der Waals surface area (Å²) in [6.45, 7) is 2.17. The van der Waals surface area contributed by atoms with Crippen LogP contribution in [0.5, 0.6) is 0 Å². The molecule has 1 nitrogen and oxygen atoms in total. The Kier molecular flexibility index (Phi) is 2.11. The maximum Gasteiger partial charge on any atom is 0.109 e. The van der Waals surface area contributed by atoms with Crippen LogP contribution in [0.15, 0.2) is 53.1 Å². The fourth-order valence-corrected chi connectivity index (χ4v) is 3.06. The molecule has 1 aromatic carbocycles. The molecule has 0 radical (unpaired) electrons. The smallest absolute Gasteiger partial charge is 0.109 e. The number of furan rings is 1. The third kappa shape index (κ3) is 1.24. The van der Waals surface area contributed by atoms with Crippen LogP contribution in [0.1, 0.15) is 24.2 Å². The lowest BCUT2D eigenvalue weighted by Gasteiger charge is -2.08. The first-order chi connectivity index (χ1) is 7.74. The van der Waals surface area contributed by atoms with E-state index in [0.717, 1.165) is 5.76 Å². The summed E-state index contributed by atoms with van der Waals surface area (Å²) in [6, 6.07) is 14.2. The Hall–Kier alpha value is -1.21. The second kappa shape index (κ2) is 3.39. The van der Waals surface area contributed by atoms with Gasteiger partial charge in [0.2, 0.25) is 0 Å². The van der Waals surface area contributed by atoms with Crippen molar-refractivity contribution in [2.24, 2.45) is 5.92 Å². The molecule has 3 atom stereocenters. The molecule has 0 aliphatic heterocycles. The van der Waals surface area contributed by atoms with Gasteiger partial charge >= 0.3 is 0 Å². The lowest BCUT2D eigenvalue weighted by molar-refractivity contribution is 0.502. The van der Waals surface area contributed by atoms with E-state index in [1.165, 1.54) is 5.56 Å². The Morgan fingerprint density at radius 2 is 1.88 bits per heavy atom. The second-order valence-electron chi connectivity index (χ2n) is 4.42. The molecule has 1 aliphatic rings. The molecule has 1 heterocycles. The van der Waals surface area contributed by atoms with Crippen molar-refractivity contribution in [2.45, 2.75) is 17.7 Å². The lowest BCUT2D eigenvalue weighted by atomic mass is 10.1. The van der Waals surface area contributed by atoms with E-state index in [2.05, 4.69) is 19.1 Å². The van der Waals surface area contributed by atoms with Crippen molar-refractivity contribution in [3.63, 3.8) is 0 Å². The SMILES string of the molecule is CC1C(c2ccco2)C1(Cl)c1ccccc1. The Labute approximate surface area is 100 Å². The van der Waals surface area contributed by atoms with Gasteiger partial charge in [0, 0.05) is 5.92 Å². The normalized spacial score (nSPS) is 32.6. The average molecular weight is 233 g/mol. The Morgan fingerprint density at radius 3 is 2.50 bits per heavy atom. The van der Waals surface area contributed by atoms with Crippen LogP contribution in [0.3, 0.4) is 0 Å². The fraction of sp³-hybridized carbons (Fsp3) is 0.286. The van der Waals surface area contributed by atoms with E-state index in [1.54, 1.807) is 6.26 Å². The van der Waals surface area contributed by atoms with E-state index in [-0.39, 0.29) is 4.87 Å². The van der Waals surface area contributed by atoms with Crippen molar-refractivity contribution in [1.29, 1.82) is 0 Å². The zero-order valence-electron chi connectivity index (χ0n) is 9.06. The van der Waals surface area contributed by atoms with E-state index in [1.807, 2.05) is 30.3 Å². The topological polar surface area (TPSA) is 13.1 Å². The van der Waals surface area contributed by atoms with E-state index in [9.17, 15) is 0 Å².